The fourth-order valence-electron chi connectivity index (χ4n) is 4.67. The molecule has 0 spiro atoms. The normalized spacial score (nSPS) is 12.7. The summed E-state index contributed by atoms with van der Waals surface area (Å²) in [6.45, 7) is 0. The van der Waals surface area contributed by atoms with E-state index in [4.69, 9.17) is 0 Å². The zero-order chi connectivity index (χ0) is 19.4. The molecule has 8 rings (SSSR count). The van der Waals surface area contributed by atoms with Crippen LogP contribution < -0.4 is 0 Å². The molecule has 0 aliphatic heterocycles. The SMILES string of the molecule is c1cc2cc3cc4c(cc3cc2s1)[se]c1c2cc3cc5ccsc5cc3cc2[se]c41. The first kappa shape index (κ1) is 16.7. The van der Waals surface area contributed by atoms with Crippen LogP contribution in [0.5, 0.6) is 0 Å². The maximum absolute atomic E-state index is 2.48. The van der Waals surface area contributed by atoms with Crippen LogP contribution in [0.3, 0.4) is 0 Å². The summed E-state index contributed by atoms with van der Waals surface area (Å²) in [7, 11) is 0. The van der Waals surface area contributed by atoms with E-state index in [1.165, 1.54) is 52.5 Å². The van der Waals surface area contributed by atoms with E-state index in [-0.39, 0.29) is 0 Å². The van der Waals surface area contributed by atoms with Crippen molar-refractivity contribution in [1.82, 2.24) is 0 Å². The van der Waals surface area contributed by atoms with Crippen LogP contribution in [0.4, 0.5) is 0 Å². The Balaban J connectivity index is 1.49. The van der Waals surface area contributed by atoms with Crippen molar-refractivity contribution in [3.8, 4) is 0 Å². The number of hydrogen-bond acceptors (Lipinski definition) is 2. The van der Waals surface area contributed by atoms with Gasteiger partial charge in [0.05, 0.1) is 0 Å². The first-order valence-electron chi connectivity index (χ1n) is 9.81. The summed E-state index contributed by atoms with van der Waals surface area (Å²) >= 11 is 4.51. The van der Waals surface area contributed by atoms with Crippen LogP contribution in [0.25, 0.3) is 69.5 Å². The van der Waals surface area contributed by atoms with Crippen molar-refractivity contribution in [2.75, 3.05) is 0 Å². The molecule has 0 unspecified atom stereocenters. The molecule has 0 aliphatic carbocycles. The second-order valence-corrected chi connectivity index (χ2v) is 14.2. The van der Waals surface area contributed by atoms with E-state index in [2.05, 4.69) is 71.4 Å². The summed E-state index contributed by atoms with van der Waals surface area (Å²) in [6.07, 6.45) is 0. The molecule has 0 saturated heterocycles. The van der Waals surface area contributed by atoms with E-state index >= 15 is 0 Å². The van der Waals surface area contributed by atoms with Crippen molar-refractivity contribution in [2.45, 2.75) is 0 Å². The summed E-state index contributed by atoms with van der Waals surface area (Å²) in [5.74, 6) is 0. The van der Waals surface area contributed by atoms with Crippen molar-refractivity contribution in [3.05, 3.63) is 71.4 Å². The second-order valence-electron chi connectivity index (χ2n) is 7.87. The monoisotopic (exact) mass is 548 g/mol. The Hall–Kier alpha value is -1.90. The van der Waals surface area contributed by atoms with Gasteiger partial charge in [0.1, 0.15) is 0 Å². The fraction of sp³-hybridized carbons (Fsp3) is 0. The van der Waals surface area contributed by atoms with Crippen LogP contribution in [0, 0.1) is 0 Å². The van der Waals surface area contributed by atoms with Gasteiger partial charge in [0.25, 0.3) is 0 Å². The molecule has 0 atom stereocenters. The Bertz CT molecular complexity index is 1820. The van der Waals surface area contributed by atoms with Crippen molar-refractivity contribution < 1.29 is 0 Å². The number of thiophene rings is 2. The van der Waals surface area contributed by atoms with Gasteiger partial charge in [-0.3, -0.25) is 0 Å². The van der Waals surface area contributed by atoms with E-state index in [1.54, 1.807) is 17.0 Å². The van der Waals surface area contributed by atoms with Crippen molar-refractivity contribution in [1.29, 1.82) is 0 Å². The summed E-state index contributed by atoms with van der Waals surface area (Å²) < 4.78 is 9.26. The Morgan fingerprint density at radius 1 is 0.467 bits per heavy atom. The summed E-state index contributed by atoms with van der Waals surface area (Å²) in [5.41, 5.74) is 0. The van der Waals surface area contributed by atoms with Crippen LogP contribution >= 0.6 is 22.7 Å². The standard InChI is InChI=1S/C26H12S2Se2/c1-3-27-21-9-17-11-23-19(7-15(17)5-13(1)21)25-26(29-23)20-8-16-6-14-2-4-28-22(14)10-18(16)12-24(20)30-25/h1-12H. The molecular weight excluding hydrogens is 534 g/mol. The van der Waals surface area contributed by atoms with Gasteiger partial charge in [-0.05, 0) is 0 Å². The first-order valence-corrected chi connectivity index (χ1v) is 15.0. The molecule has 4 heterocycles. The van der Waals surface area contributed by atoms with E-state index in [1.807, 2.05) is 22.7 Å². The van der Waals surface area contributed by atoms with Gasteiger partial charge in [0.2, 0.25) is 0 Å². The van der Waals surface area contributed by atoms with Gasteiger partial charge in [-0.25, -0.2) is 0 Å². The third kappa shape index (κ3) is 2.22. The minimum atomic E-state index is 0.413. The van der Waals surface area contributed by atoms with Gasteiger partial charge >= 0.3 is 193 Å². The zero-order valence-electron chi connectivity index (χ0n) is 15.6. The minimum absolute atomic E-state index is 0.413. The summed E-state index contributed by atoms with van der Waals surface area (Å²) in [5, 5.41) is 15.8. The third-order valence-corrected chi connectivity index (χ3v) is 13.5. The zero-order valence-corrected chi connectivity index (χ0v) is 20.6. The van der Waals surface area contributed by atoms with E-state index in [9.17, 15) is 0 Å². The molecule has 0 bridgehead atoms. The molecule has 0 fully saturated rings. The molecular formula is C26H12S2Se2. The van der Waals surface area contributed by atoms with E-state index in [0.717, 1.165) is 0 Å². The molecule has 0 aliphatic rings. The topological polar surface area (TPSA) is 0 Å². The molecule has 0 radical (unpaired) electrons. The van der Waals surface area contributed by atoms with Crippen LogP contribution in [-0.2, 0) is 0 Å². The van der Waals surface area contributed by atoms with Crippen molar-refractivity contribution in [3.63, 3.8) is 0 Å². The molecule has 140 valence electrons. The van der Waals surface area contributed by atoms with E-state index < -0.39 is 0 Å². The molecule has 0 amide bonds. The van der Waals surface area contributed by atoms with Crippen molar-refractivity contribution in [2.24, 2.45) is 0 Å². The number of fused-ring (bicyclic) bond motifs is 9. The Morgan fingerprint density at radius 3 is 1.43 bits per heavy atom. The molecule has 0 N–H and O–H groups in total. The average Bonchev–Trinajstić information content (AvgIpc) is 3.51. The average molecular weight is 546 g/mol. The van der Waals surface area contributed by atoms with Gasteiger partial charge in [0, 0.05) is 0 Å². The van der Waals surface area contributed by atoms with Crippen molar-refractivity contribution >= 4 is 121 Å². The van der Waals surface area contributed by atoms with Gasteiger partial charge in [-0.1, -0.05) is 0 Å². The number of hydrogen-bond donors (Lipinski definition) is 0. The summed E-state index contributed by atoms with van der Waals surface area (Å²) in [4.78, 5) is 0. The summed E-state index contributed by atoms with van der Waals surface area (Å²) in [6, 6.07) is 23.9. The second kappa shape index (κ2) is 5.87. The Kier molecular flexibility index (Phi) is 3.27. The predicted octanol–water partition coefficient (Wildman–Crippen LogP) is 8.00. The molecule has 8 aromatic rings. The maximum atomic E-state index is 2.48. The molecule has 30 heavy (non-hydrogen) atoms. The van der Waals surface area contributed by atoms with Crippen LogP contribution in [0.2, 0.25) is 0 Å². The van der Waals surface area contributed by atoms with Gasteiger partial charge in [-0.15, -0.1) is 0 Å². The number of rotatable bonds is 0. The Labute approximate surface area is 191 Å². The van der Waals surface area contributed by atoms with Gasteiger partial charge in [-0.2, -0.15) is 0 Å². The fourth-order valence-corrected chi connectivity index (χ4v) is 12.7. The predicted molar refractivity (Wildman–Crippen MR) is 139 cm³/mol. The van der Waals surface area contributed by atoms with Crippen LogP contribution in [0.15, 0.2) is 71.4 Å². The van der Waals surface area contributed by atoms with Gasteiger partial charge in [0.15, 0.2) is 0 Å². The molecule has 4 aromatic carbocycles. The Morgan fingerprint density at radius 2 is 0.933 bits per heavy atom. The first-order chi connectivity index (χ1) is 14.8. The quantitative estimate of drug-likeness (QED) is 0.169. The number of benzene rings is 4. The molecule has 0 nitrogen and oxygen atoms in total. The third-order valence-electron chi connectivity index (χ3n) is 6.14. The molecule has 4 aromatic heterocycles. The van der Waals surface area contributed by atoms with Gasteiger partial charge < -0.3 is 0 Å². The van der Waals surface area contributed by atoms with E-state index in [0.29, 0.717) is 29.0 Å². The van der Waals surface area contributed by atoms with Crippen LogP contribution in [0.1, 0.15) is 0 Å². The molecule has 4 heteroatoms. The van der Waals surface area contributed by atoms with Crippen LogP contribution in [-0.4, -0.2) is 29.0 Å². The molecule has 0 saturated carbocycles.